The highest BCUT2D eigenvalue weighted by molar-refractivity contribution is 6.30. The van der Waals surface area contributed by atoms with E-state index in [9.17, 15) is 14.4 Å². The molecule has 0 radical (unpaired) electrons. The van der Waals surface area contributed by atoms with Crippen LogP contribution >= 0.6 is 11.6 Å². The molecule has 1 aromatic rings. The fraction of sp³-hybridized carbons (Fsp3) is 0.500. The number of amides is 2. The van der Waals surface area contributed by atoms with Crippen molar-refractivity contribution in [1.82, 2.24) is 5.32 Å². The quantitative estimate of drug-likeness (QED) is 0.541. The number of quaternary nitrogens is 1. The van der Waals surface area contributed by atoms with Crippen LogP contribution in [0.25, 0.3) is 0 Å². The number of hydrogen-bond donors (Lipinski definition) is 3. The summed E-state index contributed by atoms with van der Waals surface area (Å²) >= 11 is 5.80. The molecule has 0 bridgehead atoms. The fourth-order valence-electron chi connectivity index (χ4n) is 2.42. The lowest BCUT2D eigenvalue weighted by atomic mass is 10.0. The average molecular weight is 385 g/mol. The molecular weight excluding hydrogens is 358 g/mol. The van der Waals surface area contributed by atoms with Crippen LogP contribution in [0.5, 0.6) is 0 Å². The molecule has 0 aliphatic rings. The van der Waals surface area contributed by atoms with Crippen molar-refractivity contribution in [2.45, 2.75) is 26.3 Å². The van der Waals surface area contributed by atoms with Crippen molar-refractivity contribution in [3.05, 3.63) is 29.3 Å². The zero-order valence-corrected chi connectivity index (χ0v) is 16.4. The minimum Gasteiger partial charge on any atom is -0.467 e. The second-order valence-electron chi connectivity index (χ2n) is 6.64. The minimum absolute atomic E-state index is 0.0691. The Hall–Kier alpha value is -2.12. The lowest BCUT2D eigenvalue weighted by Gasteiger charge is -2.19. The number of halogens is 1. The number of likely N-dealkylation sites (N-methyl/N-ethyl adjacent to an activating group) is 1. The van der Waals surface area contributed by atoms with Crippen LogP contribution in [0, 0.1) is 5.92 Å². The number of rotatable bonds is 9. The van der Waals surface area contributed by atoms with Gasteiger partial charge in [0.1, 0.15) is 6.04 Å². The Labute approximate surface area is 159 Å². The molecule has 0 saturated heterocycles. The van der Waals surface area contributed by atoms with Gasteiger partial charge in [0.25, 0.3) is 11.8 Å². The van der Waals surface area contributed by atoms with E-state index in [4.69, 9.17) is 16.3 Å². The van der Waals surface area contributed by atoms with Crippen LogP contribution in [0.2, 0.25) is 5.02 Å². The van der Waals surface area contributed by atoms with Gasteiger partial charge < -0.3 is 20.3 Å². The number of carbonyl (C=O) groups excluding carboxylic acids is 3. The number of hydrogen-bond acceptors (Lipinski definition) is 4. The first-order valence-corrected chi connectivity index (χ1v) is 8.83. The van der Waals surface area contributed by atoms with Crippen LogP contribution in [-0.2, 0) is 19.1 Å². The number of carbonyl (C=O) groups is 3. The van der Waals surface area contributed by atoms with Crippen LogP contribution in [0.15, 0.2) is 24.3 Å². The highest BCUT2D eigenvalue weighted by Gasteiger charge is 2.24. The van der Waals surface area contributed by atoms with Gasteiger partial charge in [-0.1, -0.05) is 25.4 Å². The number of methoxy groups -OCH3 is 1. The van der Waals surface area contributed by atoms with Crippen molar-refractivity contribution in [1.29, 1.82) is 0 Å². The Kier molecular flexibility index (Phi) is 9.09. The third-order valence-corrected chi connectivity index (χ3v) is 3.83. The van der Waals surface area contributed by atoms with E-state index in [0.717, 1.165) is 0 Å². The topological polar surface area (TPSA) is 88.9 Å². The molecular formula is C18H27ClN3O4+. The van der Waals surface area contributed by atoms with Crippen molar-refractivity contribution in [2.75, 3.05) is 32.6 Å². The molecule has 1 rings (SSSR count). The molecule has 0 spiro atoms. The Morgan fingerprint density at radius 3 is 2.23 bits per heavy atom. The van der Waals surface area contributed by atoms with Gasteiger partial charge in [-0.15, -0.1) is 0 Å². The molecule has 0 saturated carbocycles. The van der Waals surface area contributed by atoms with Crippen molar-refractivity contribution in [3.63, 3.8) is 0 Å². The molecule has 144 valence electrons. The van der Waals surface area contributed by atoms with Crippen LogP contribution in [0.1, 0.15) is 20.3 Å². The highest BCUT2D eigenvalue weighted by Crippen LogP contribution is 2.12. The van der Waals surface area contributed by atoms with Crippen molar-refractivity contribution >= 4 is 35.1 Å². The van der Waals surface area contributed by atoms with E-state index >= 15 is 0 Å². The largest absolute Gasteiger partial charge is 0.467 e. The first kappa shape index (κ1) is 21.9. The molecule has 1 unspecified atom stereocenters. The molecule has 0 fully saturated rings. The second kappa shape index (κ2) is 10.8. The molecule has 2 amide bonds. The zero-order chi connectivity index (χ0) is 19.7. The van der Waals surface area contributed by atoms with Crippen molar-refractivity contribution in [2.24, 2.45) is 5.92 Å². The minimum atomic E-state index is -0.678. The number of benzene rings is 1. The second-order valence-corrected chi connectivity index (χ2v) is 7.07. The first-order valence-electron chi connectivity index (χ1n) is 8.45. The number of anilines is 1. The van der Waals surface area contributed by atoms with Crippen LogP contribution in [0.4, 0.5) is 5.69 Å². The van der Waals surface area contributed by atoms with Gasteiger partial charge in [0.05, 0.1) is 14.2 Å². The smallest absolute Gasteiger partial charge is 0.328 e. The summed E-state index contributed by atoms with van der Waals surface area (Å²) in [6, 6.07) is 6.10. The average Bonchev–Trinajstić information content (AvgIpc) is 2.54. The molecule has 3 N–H and O–H groups in total. The number of ether oxygens (including phenoxy) is 1. The molecule has 0 heterocycles. The van der Waals surface area contributed by atoms with E-state index in [0.29, 0.717) is 22.0 Å². The third-order valence-electron chi connectivity index (χ3n) is 3.58. The summed E-state index contributed by atoms with van der Waals surface area (Å²) in [5.74, 6) is -0.762. The molecule has 26 heavy (non-hydrogen) atoms. The standard InChI is InChI=1S/C18H26ClN3O4/c1-12(2)9-15(18(25)26-4)21-17(24)11-22(3)10-16(23)20-14-7-5-13(19)6-8-14/h5-8,12,15H,9-11H2,1-4H3,(H,20,23)(H,21,24)/p+1/t15-/m0/s1. The van der Waals surface area contributed by atoms with Crippen molar-refractivity contribution < 1.29 is 24.0 Å². The predicted octanol–water partition coefficient (Wildman–Crippen LogP) is 0.497. The summed E-state index contributed by atoms with van der Waals surface area (Å²) in [7, 11) is 3.02. The van der Waals surface area contributed by atoms with Gasteiger partial charge in [-0.3, -0.25) is 9.59 Å². The Bertz CT molecular complexity index is 619. The molecule has 7 nitrogen and oxygen atoms in total. The fourth-order valence-corrected chi connectivity index (χ4v) is 2.55. The lowest BCUT2D eigenvalue weighted by Crippen LogP contribution is -3.11. The van der Waals surface area contributed by atoms with Gasteiger partial charge in [0.2, 0.25) is 0 Å². The summed E-state index contributed by atoms with van der Waals surface area (Å²) < 4.78 is 4.72. The third kappa shape index (κ3) is 8.31. The maximum absolute atomic E-state index is 12.2. The molecule has 0 aliphatic heterocycles. The van der Waals surface area contributed by atoms with Gasteiger partial charge in [0.15, 0.2) is 13.1 Å². The van der Waals surface area contributed by atoms with E-state index < -0.39 is 12.0 Å². The monoisotopic (exact) mass is 384 g/mol. The SMILES string of the molecule is COC(=O)[C@H](CC(C)C)NC(=O)C[NH+](C)CC(=O)Nc1ccc(Cl)cc1. The molecule has 8 heteroatoms. The number of nitrogens with one attached hydrogen (secondary N) is 3. The molecule has 0 aromatic heterocycles. The van der Waals surface area contributed by atoms with Gasteiger partial charge >= 0.3 is 5.97 Å². The normalized spacial score (nSPS) is 13.0. The summed E-state index contributed by atoms with van der Waals surface area (Å²) in [4.78, 5) is 36.7. The van der Waals surface area contributed by atoms with Crippen LogP contribution in [-0.4, -0.2) is 51.1 Å². The Balaban J connectivity index is 2.48. The highest BCUT2D eigenvalue weighted by atomic mass is 35.5. The van der Waals surface area contributed by atoms with E-state index in [1.807, 2.05) is 13.8 Å². The maximum atomic E-state index is 12.2. The van der Waals surface area contributed by atoms with Gasteiger partial charge in [0, 0.05) is 10.7 Å². The van der Waals surface area contributed by atoms with Gasteiger partial charge in [-0.05, 0) is 36.6 Å². The predicted molar refractivity (Wildman–Crippen MR) is 100 cm³/mol. The van der Waals surface area contributed by atoms with Crippen molar-refractivity contribution in [3.8, 4) is 0 Å². The van der Waals surface area contributed by atoms with E-state index in [1.54, 1.807) is 31.3 Å². The van der Waals surface area contributed by atoms with E-state index in [2.05, 4.69) is 10.6 Å². The summed E-state index contributed by atoms with van der Waals surface area (Å²) in [5.41, 5.74) is 0.638. The number of esters is 1. The molecule has 2 atom stereocenters. The van der Waals surface area contributed by atoms with Crippen LogP contribution in [0.3, 0.4) is 0 Å². The zero-order valence-electron chi connectivity index (χ0n) is 15.6. The van der Waals surface area contributed by atoms with Gasteiger partial charge in [-0.2, -0.15) is 0 Å². The summed E-state index contributed by atoms with van der Waals surface area (Å²) in [6.07, 6.45) is 0.495. The Morgan fingerprint density at radius 2 is 1.69 bits per heavy atom. The molecule has 0 aliphatic carbocycles. The van der Waals surface area contributed by atoms with E-state index in [-0.39, 0.29) is 30.8 Å². The van der Waals surface area contributed by atoms with E-state index in [1.165, 1.54) is 7.11 Å². The molecule has 1 aromatic carbocycles. The maximum Gasteiger partial charge on any atom is 0.328 e. The Morgan fingerprint density at radius 1 is 1.12 bits per heavy atom. The summed E-state index contributed by atoms with van der Waals surface area (Å²) in [5, 5.41) is 6.01. The summed E-state index contributed by atoms with van der Waals surface area (Å²) in [6.45, 7) is 4.10. The van der Waals surface area contributed by atoms with Crippen LogP contribution < -0.4 is 15.5 Å². The first-order chi connectivity index (χ1) is 12.2. The van der Waals surface area contributed by atoms with Gasteiger partial charge in [-0.25, -0.2) is 4.79 Å². The lowest BCUT2D eigenvalue weighted by molar-refractivity contribution is -0.862.